The number of aromatic nitrogens is 4. The molecule has 0 aliphatic carbocycles. The second-order valence-corrected chi connectivity index (χ2v) is 6.17. The molecule has 0 atom stereocenters. The van der Waals surface area contributed by atoms with Gasteiger partial charge in [-0.3, -0.25) is 0 Å². The summed E-state index contributed by atoms with van der Waals surface area (Å²) in [5.41, 5.74) is 5.99. The highest BCUT2D eigenvalue weighted by atomic mass is 32.2. The second kappa shape index (κ2) is 6.86. The van der Waals surface area contributed by atoms with Crippen LogP contribution in [0.4, 0.5) is 11.6 Å². The van der Waals surface area contributed by atoms with E-state index in [1.54, 1.807) is 6.92 Å². The largest absolute Gasteiger partial charge is 0.462 e. The van der Waals surface area contributed by atoms with E-state index in [0.717, 1.165) is 30.4 Å². The van der Waals surface area contributed by atoms with Gasteiger partial charge in [-0.2, -0.15) is 11.8 Å². The Kier molecular flexibility index (Phi) is 4.65. The Morgan fingerprint density at radius 3 is 2.65 bits per heavy atom. The number of nitrogens with two attached hydrogens (primary N) is 1. The van der Waals surface area contributed by atoms with Crippen molar-refractivity contribution in [1.82, 2.24) is 20.0 Å². The molecule has 9 heteroatoms. The fourth-order valence-corrected chi connectivity index (χ4v) is 3.18. The van der Waals surface area contributed by atoms with E-state index >= 15 is 0 Å². The molecule has 0 saturated carbocycles. The molecule has 0 amide bonds. The van der Waals surface area contributed by atoms with E-state index in [1.807, 2.05) is 23.9 Å². The molecule has 0 unspecified atom stereocenters. The van der Waals surface area contributed by atoms with E-state index in [0.29, 0.717) is 5.82 Å². The summed E-state index contributed by atoms with van der Waals surface area (Å²) in [5.74, 6) is 3.17. The lowest BCUT2D eigenvalue weighted by Gasteiger charge is -2.26. The Labute approximate surface area is 138 Å². The normalized spacial score (nSPS) is 14.7. The molecule has 3 heterocycles. The minimum Gasteiger partial charge on any atom is -0.462 e. The van der Waals surface area contributed by atoms with Crippen molar-refractivity contribution in [2.75, 3.05) is 41.8 Å². The molecule has 122 valence electrons. The number of hydrogen-bond acceptors (Lipinski definition) is 8. The van der Waals surface area contributed by atoms with Gasteiger partial charge in [-0.05, 0) is 19.1 Å². The van der Waals surface area contributed by atoms with Crippen molar-refractivity contribution in [3.05, 3.63) is 23.9 Å². The van der Waals surface area contributed by atoms with Gasteiger partial charge in [0.2, 0.25) is 0 Å². The number of ether oxygens (including phenoxy) is 1. The maximum atomic E-state index is 11.8. The summed E-state index contributed by atoms with van der Waals surface area (Å²) in [5, 5.41) is 12.5. The molecule has 1 fully saturated rings. The maximum Gasteiger partial charge on any atom is 0.343 e. The van der Waals surface area contributed by atoms with Crippen molar-refractivity contribution in [1.29, 1.82) is 0 Å². The monoisotopic (exact) mass is 334 g/mol. The first kappa shape index (κ1) is 15.6. The molecule has 8 nitrogen and oxygen atoms in total. The lowest BCUT2D eigenvalue weighted by atomic mass is 10.3. The summed E-state index contributed by atoms with van der Waals surface area (Å²) in [6.45, 7) is 3.97. The highest BCUT2D eigenvalue weighted by Crippen LogP contribution is 2.18. The molecule has 3 rings (SSSR count). The van der Waals surface area contributed by atoms with Gasteiger partial charge in [-0.25, -0.2) is 9.48 Å². The molecule has 2 aromatic rings. The van der Waals surface area contributed by atoms with Gasteiger partial charge in [0.05, 0.1) is 6.61 Å². The Balaban J connectivity index is 1.79. The van der Waals surface area contributed by atoms with E-state index in [9.17, 15) is 4.79 Å². The Morgan fingerprint density at radius 2 is 2.00 bits per heavy atom. The minimum absolute atomic E-state index is 0.113. The molecule has 0 spiro atoms. The first-order valence-corrected chi connectivity index (χ1v) is 8.53. The van der Waals surface area contributed by atoms with Crippen LogP contribution in [0.5, 0.6) is 0 Å². The van der Waals surface area contributed by atoms with Gasteiger partial charge in [0.1, 0.15) is 5.56 Å². The third-order valence-electron chi connectivity index (χ3n) is 3.44. The van der Waals surface area contributed by atoms with Gasteiger partial charge in [0, 0.05) is 30.8 Å². The lowest BCUT2D eigenvalue weighted by molar-refractivity contribution is 0.0527. The van der Waals surface area contributed by atoms with E-state index in [-0.39, 0.29) is 18.0 Å². The van der Waals surface area contributed by atoms with Gasteiger partial charge in [-0.15, -0.1) is 15.3 Å². The molecular formula is C14H18N6O2S. The van der Waals surface area contributed by atoms with Crippen LogP contribution in [-0.2, 0) is 4.74 Å². The smallest absolute Gasteiger partial charge is 0.343 e. The quantitative estimate of drug-likeness (QED) is 0.826. The summed E-state index contributed by atoms with van der Waals surface area (Å²) >= 11 is 1.94. The van der Waals surface area contributed by atoms with Crippen LogP contribution in [0.2, 0.25) is 0 Å². The van der Waals surface area contributed by atoms with Crippen molar-refractivity contribution in [2.45, 2.75) is 6.92 Å². The van der Waals surface area contributed by atoms with Crippen molar-refractivity contribution in [2.24, 2.45) is 0 Å². The van der Waals surface area contributed by atoms with Gasteiger partial charge in [0.25, 0.3) is 0 Å². The molecule has 2 aromatic heterocycles. The third-order valence-corrected chi connectivity index (χ3v) is 4.39. The number of nitrogen functional groups attached to an aromatic ring is 1. The first-order valence-electron chi connectivity index (χ1n) is 7.38. The van der Waals surface area contributed by atoms with Crippen LogP contribution in [0.3, 0.4) is 0 Å². The third kappa shape index (κ3) is 3.39. The second-order valence-electron chi connectivity index (χ2n) is 4.94. The Morgan fingerprint density at radius 1 is 1.30 bits per heavy atom. The minimum atomic E-state index is -0.494. The van der Waals surface area contributed by atoms with Gasteiger partial charge >= 0.3 is 5.97 Å². The lowest BCUT2D eigenvalue weighted by Crippen LogP contribution is -2.33. The summed E-state index contributed by atoms with van der Waals surface area (Å²) in [6.07, 6.45) is 1.51. The Hall–Kier alpha value is -2.29. The van der Waals surface area contributed by atoms with E-state index in [2.05, 4.69) is 20.2 Å². The van der Waals surface area contributed by atoms with Crippen LogP contribution in [-0.4, -0.2) is 57.1 Å². The number of anilines is 2. The van der Waals surface area contributed by atoms with E-state index < -0.39 is 5.97 Å². The number of carbonyl (C=O) groups excluding carboxylic acids is 1. The highest BCUT2D eigenvalue weighted by Gasteiger charge is 2.17. The first-order chi connectivity index (χ1) is 11.2. The van der Waals surface area contributed by atoms with Crippen LogP contribution >= 0.6 is 11.8 Å². The maximum absolute atomic E-state index is 11.8. The van der Waals surface area contributed by atoms with Crippen molar-refractivity contribution >= 4 is 29.4 Å². The predicted molar refractivity (Wildman–Crippen MR) is 89.1 cm³/mol. The predicted octanol–water partition coefficient (Wildman–Crippen LogP) is 0.974. The molecule has 2 N–H and O–H groups in total. The highest BCUT2D eigenvalue weighted by molar-refractivity contribution is 7.99. The average molecular weight is 334 g/mol. The van der Waals surface area contributed by atoms with Gasteiger partial charge in [-0.1, -0.05) is 0 Å². The van der Waals surface area contributed by atoms with Crippen LogP contribution < -0.4 is 10.6 Å². The zero-order valence-electron chi connectivity index (χ0n) is 12.8. The summed E-state index contributed by atoms with van der Waals surface area (Å²) in [6, 6.07) is 3.71. The fraction of sp³-hybridized carbons (Fsp3) is 0.429. The van der Waals surface area contributed by atoms with Crippen molar-refractivity contribution in [3.8, 4) is 5.82 Å². The van der Waals surface area contributed by atoms with Crippen LogP contribution in [0, 0.1) is 0 Å². The number of rotatable bonds is 4. The van der Waals surface area contributed by atoms with Crippen LogP contribution in [0.25, 0.3) is 5.82 Å². The zero-order chi connectivity index (χ0) is 16.2. The van der Waals surface area contributed by atoms with Crippen LogP contribution in [0.1, 0.15) is 17.3 Å². The molecular weight excluding hydrogens is 316 g/mol. The summed E-state index contributed by atoms with van der Waals surface area (Å²) < 4.78 is 6.37. The number of esters is 1. The number of hydrogen-bond donors (Lipinski definition) is 1. The molecule has 1 aliphatic rings. The molecule has 0 aromatic carbocycles. The van der Waals surface area contributed by atoms with Crippen molar-refractivity contribution in [3.63, 3.8) is 0 Å². The van der Waals surface area contributed by atoms with Crippen molar-refractivity contribution < 1.29 is 9.53 Å². The van der Waals surface area contributed by atoms with E-state index in [4.69, 9.17) is 10.5 Å². The fourth-order valence-electron chi connectivity index (χ4n) is 2.27. The molecule has 1 saturated heterocycles. The molecule has 23 heavy (non-hydrogen) atoms. The topological polar surface area (TPSA) is 99.2 Å². The van der Waals surface area contributed by atoms with Gasteiger partial charge < -0.3 is 15.4 Å². The molecule has 1 aliphatic heterocycles. The molecule has 0 radical (unpaired) electrons. The summed E-state index contributed by atoms with van der Waals surface area (Å²) in [4.78, 5) is 14.0. The number of nitrogens with zero attached hydrogens (tertiary/aromatic N) is 5. The number of thioether (sulfide) groups is 1. The Bertz CT molecular complexity index is 681. The van der Waals surface area contributed by atoms with E-state index in [1.165, 1.54) is 10.9 Å². The number of carbonyl (C=O) groups is 1. The SMILES string of the molecule is CCOC(=O)c1cn(-c2ccc(N3CCSCC3)nn2)nc1N. The van der Waals surface area contributed by atoms with Gasteiger partial charge in [0.15, 0.2) is 17.5 Å². The summed E-state index contributed by atoms with van der Waals surface area (Å²) in [7, 11) is 0. The van der Waals surface area contributed by atoms with Crippen LogP contribution in [0.15, 0.2) is 18.3 Å². The average Bonchev–Trinajstić information content (AvgIpc) is 2.98. The molecule has 0 bridgehead atoms. The standard InChI is InChI=1S/C14H18N6O2S/c1-2-22-14(21)10-9-20(18-13(10)15)12-4-3-11(16-17-12)19-5-7-23-8-6-19/h3-4,9H,2,5-8H2,1H3,(H2,15,18). The zero-order valence-corrected chi connectivity index (χ0v) is 13.6.